The van der Waals surface area contributed by atoms with Gasteiger partial charge < -0.3 is 24.3 Å². The summed E-state index contributed by atoms with van der Waals surface area (Å²) in [6, 6.07) is 4.68. The third-order valence-corrected chi connectivity index (χ3v) is 9.74. The predicted octanol–water partition coefficient (Wildman–Crippen LogP) is 4.40. The zero-order valence-electron chi connectivity index (χ0n) is 24.8. The number of amides is 1. The van der Waals surface area contributed by atoms with E-state index in [-0.39, 0.29) is 52.5 Å². The number of likely N-dealkylation sites (tertiary alicyclic amines) is 1. The highest BCUT2D eigenvalue weighted by atomic mass is 35.5. The molecule has 1 amide bonds. The Morgan fingerprint density at radius 3 is 2.66 bits per heavy atom. The van der Waals surface area contributed by atoms with Gasteiger partial charge in [-0.1, -0.05) is 18.2 Å². The van der Waals surface area contributed by atoms with E-state index in [2.05, 4.69) is 34.6 Å². The summed E-state index contributed by atoms with van der Waals surface area (Å²) in [5.74, 6) is -0.965. The number of anilines is 1. The molecule has 0 N–H and O–H groups in total. The first-order valence-electron chi connectivity index (χ1n) is 14.8. The summed E-state index contributed by atoms with van der Waals surface area (Å²) in [6.45, 7) is 9.93. The number of benzene rings is 2. The topological polar surface area (TPSA) is 74.1 Å². The molecule has 0 radical (unpaired) electrons. The van der Waals surface area contributed by atoms with Crippen molar-refractivity contribution in [2.75, 3.05) is 44.7 Å². The van der Waals surface area contributed by atoms with Gasteiger partial charge in [0.1, 0.15) is 24.1 Å². The number of carbonyl (C=O) groups excluding carboxylic acids is 1. The molecule has 9 nitrogen and oxygen atoms in total. The Hall–Kier alpha value is -4.12. The van der Waals surface area contributed by atoms with E-state index in [9.17, 15) is 14.0 Å². The van der Waals surface area contributed by atoms with Crippen LogP contribution in [-0.2, 0) is 4.79 Å². The van der Waals surface area contributed by atoms with Crippen LogP contribution in [0.5, 0.6) is 5.75 Å². The monoisotopic (exact) mass is 622 g/mol. The fourth-order valence-corrected chi connectivity index (χ4v) is 7.50. The molecule has 7 rings (SSSR count). The van der Waals surface area contributed by atoms with E-state index in [1.54, 1.807) is 15.5 Å². The van der Waals surface area contributed by atoms with E-state index in [4.69, 9.17) is 16.3 Å². The van der Waals surface area contributed by atoms with Gasteiger partial charge in [-0.15, -0.1) is 0 Å². The van der Waals surface area contributed by atoms with E-state index in [1.807, 2.05) is 18.7 Å². The number of likely N-dealkylation sites (N-methyl/N-ethyl adjacent to an activating group) is 1. The number of nitrogens with zero attached hydrogens (tertiary/aromatic N) is 6. The molecule has 230 valence electrons. The van der Waals surface area contributed by atoms with Crippen molar-refractivity contribution in [3.63, 3.8) is 0 Å². The third kappa shape index (κ3) is 4.43. The van der Waals surface area contributed by atoms with E-state index in [1.165, 1.54) is 23.9 Å². The van der Waals surface area contributed by atoms with Crippen molar-refractivity contribution in [3.8, 4) is 16.9 Å². The molecule has 2 bridgehead atoms. The number of piperazine rings is 1. The van der Waals surface area contributed by atoms with E-state index < -0.39 is 17.3 Å². The molecule has 4 aliphatic heterocycles. The average Bonchev–Trinajstić information content (AvgIpc) is 3.55. The van der Waals surface area contributed by atoms with Gasteiger partial charge in [0.15, 0.2) is 5.75 Å². The van der Waals surface area contributed by atoms with Gasteiger partial charge in [0, 0.05) is 86.2 Å². The minimum atomic E-state index is -0.786. The number of ether oxygens (including phenoxy) is 1. The fraction of sp³-hybridized carbons (Fsp3) is 0.406. The normalized spacial score (nSPS) is 24.2. The van der Waals surface area contributed by atoms with E-state index >= 15 is 4.39 Å². The van der Waals surface area contributed by atoms with Crippen LogP contribution in [0, 0.1) is 11.6 Å². The second kappa shape index (κ2) is 10.5. The SMILES string of the molecule is C=CC(=O)N1C[C@H](C)N(c2nc(=O)n3c4c(c(-c5ccc(F)cc5F)c(Cl)cc24)OC[C@@H]3CN2CC3CC2=CN3C)C[C@H]1C. The summed E-state index contributed by atoms with van der Waals surface area (Å²) in [5.41, 5.74) is 1.58. The maximum absolute atomic E-state index is 15.2. The number of aromatic nitrogens is 2. The van der Waals surface area contributed by atoms with Gasteiger partial charge in [0.2, 0.25) is 5.91 Å². The molecular weight excluding hydrogens is 590 g/mol. The molecule has 2 fully saturated rings. The van der Waals surface area contributed by atoms with Crippen molar-refractivity contribution in [1.82, 2.24) is 24.3 Å². The van der Waals surface area contributed by atoms with Crippen LogP contribution in [0.3, 0.4) is 0 Å². The van der Waals surface area contributed by atoms with Gasteiger partial charge >= 0.3 is 5.69 Å². The maximum Gasteiger partial charge on any atom is 0.350 e. The number of halogens is 3. The molecule has 2 saturated heterocycles. The van der Waals surface area contributed by atoms with Crippen LogP contribution in [0.4, 0.5) is 14.6 Å². The van der Waals surface area contributed by atoms with Crippen molar-refractivity contribution >= 4 is 34.2 Å². The summed E-state index contributed by atoms with van der Waals surface area (Å²) < 4.78 is 37.1. The summed E-state index contributed by atoms with van der Waals surface area (Å²) >= 11 is 6.88. The molecule has 4 aliphatic rings. The molecule has 1 aromatic heterocycles. The number of fused-ring (bicyclic) bond motifs is 2. The molecule has 2 aromatic carbocycles. The van der Waals surface area contributed by atoms with Gasteiger partial charge in [0.25, 0.3) is 0 Å². The van der Waals surface area contributed by atoms with Crippen molar-refractivity contribution in [3.05, 3.63) is 76.0 Å². The number of rotatable bonds is 5. The number of carbonyl (C=O) groups is 1. The lowest BCUT2D eigenvalue weighted by molar-refractivity contribution is -0.128. The lowest BCUT2D eigenvalue weighted by Gasteiger charge is -2.45. The molecule has 1 unspecified atom stereocenters. The Bertz CT molecular complexity index is 1810. The average molecular weight is 623 g/mol. The maximum atomic E-state index is 15.2. The zero-order valence-corrected chi connectivity index (χ0v) is 25.5. The fourth-order valence-electron chi connectivity index (χ4n) is 7.20. The highest BCUT2D eigenvalue weighted by Crippen LogP contribution is 2.47. The van der Waals surface area contributed by atoms with Crippen molar-refractivity contribution < 1.29 is 18.3 Å². The lowest BCUT2D eigenvalue weighted by atomic mass is 9.99. The molecule has 0 aliphatic carbocycles. The largest absolute Gasteiger partial charge is 0.488 e. The molecular formula is C32H33ClF2N6O3. The van der Waals surface area contributed by atoms with Crippen molar-refractivity contribution in [2.24, 2.45) is 0 Å². The molecule has 4 atom stereocenters. The van der Waals surface area contributed by atoms with Gasteiger partial charge in [-0.2, -0.15) is 4.98 Å². The Labute approximate surface area is 258 Å². The highest BCUT2D eigenvalue weighted by Gasteiger charge is 2.39. The Kier molecular flexibility index (Phi) is 6.84. The van der Waals surface area contributed by atoms with Crippen LogP contribution in [0.15, 0.2) is 53.6 Å². The molecule has 0 saturated carbocycles. The summed E-state index contributed by atoms with van der Waals surface area (Å²) in [5, 5.41) is 0.779. The summed E-state index contributed by atoms with van der Waals surface area (Å²) in [4.78, 5) is 39.5. The molecule has 44 heavy (non-hydrogen) atoms. The van der Waals surface area contributed by atoms with E-state index in [0.29, 0.717) is 42.4 Å². The highest BCUT2D eigenvalue weighted by molar-refractivity contribution is 6.35. The second-order valence-corrected chi connectivity index (χ2v) is 12.6. The Morgan fingerprint density at radius 2 is 1.98 bits per heavy atom. The summed E-state index contributed by atoms with van der Waals surface area (Å²) in [7, 11) is 2.07. The van der Waals surface area contributed by atoms with Crippen molar-refractivity contribution in [2.45, 2.75) is 44.4 Å². The number of hydrogen-bond donors (Lipinski definition) is 0. The standard InChI is InChI=1S/C32H33ClF2N6O3/c1-5-27(42)39-11-18(3)40(12-17(39)2)31-24-10-25(33)28(23-7-6-19(34)8-26(23)35)30-29(24)41(32(43)36-31)22(16-44-30)15-38-14-20-9-21(38)13-37(20)4/h5-8,10,13,17-18,20,22H,1,9,11-12,14-16H2,2-4H3/t17-,18+,20?,22+/m1/s1. The molecule has 5 heterocycles. The van der Waals surface area contributed by atoms with Crippen molar-refractivity contribution in [1.29, 1.82) is 0 Å². The third-order valence-electron chi connectivity index (χ3n) is 9.44. The Balaban J connectivity index is 1.40. The first-order valence-corrected chi connectivity index (χ1v) is 15.2. The van der Waals surface area contributed by atoms with Gasteiger partial charge in [-0.25, -0.2) is 13.6 Å². The van der Waals surface area contributed by atoms with Gasteiger partial charge in [-0.05, 0) is 38.1 Å². The van der Waals surface area contributed by atoms with Crippen LogP contribution >= 0.6 is 11.6 Å². The first kappa shape index (κ1) is 28.6. The lowest BCUT2D eigenvalue weighted by Crippen LogP contribution is -2.58. The molecule has 0 spiro atoms. The quantitative estimate of drug-likeness (QED) is 0.391. The van der Waals surface area contributed by atoms with Crippen LogP contribution in [0.25, 0.3) is 22.0 Å². The van der Waals surface area contributed by atoms with Crippen LogP contribution in [-0.4, -0.2) is 88.1 Å². The van der Waals surface area contributed by atoms with Gasteiger partial charge in [0.05, 0.1) is 22.6 Å². The van der Waals surface area contributed by atoms with Gasteiger partial charge in [-0.3, -0.25) is 9.36 Å². The molecule has 12 heteroatoms. The first-order chi connectivity index (χ1) is 21.0. The molecule has 3 aromatic rings. The second-order valence-electron chi connectivity index (χ2n) is 12.2. The minimum Gasteiger partial charge on any atom is -0.488 e. The minimum absolute atomic E-state index is 0.0766. The number of hydrogen-bond acceptors (Lipinski definition) is 7. The summed E-state index contributed by atoms with van der Waals surface area (Å²) in [6.07, 6.45) is 4.40. The zero-order chi connectivity index (χ0) is 31.0. The smallest absolute Gasteiger partial charge is 0.350 e. The van der Waals surface area contributed by atoms with Crippen LogP contribution < -0.4 is 15.3 Å². The Morgan fingerprint density at radius 1 is 1.18 bits per heavy atom. The van der Waals surface area contributed by atoms with E-state index in [0.717, 1.165) is 19.0 Å². The predicted molar refractivity (Wildman–Crippen MR) is 165 cm³/mol. The van der Waals surface area contributed by atoms with Crippen LogP contribution in [0.1, 0.15) is 26.3 Å². The van der Waals surface area contributed by atoms with Crippen LogP contribution in [0.2, 0.25) is 5.02 Å².